The number of likely N-dealkylation sites (N-methyl/N-ethyl adjacent to an activating group) is 1. The molecule has 0 bridgehead atoms. The number of anilines is 1. The molecular formula is C11H14N4O. The zero-order valence-electron chi connectivity index (χ0n) is 9.32. The van der Waals surface area contributed by atoms with Gasteiger partial charge in [0.15, 0.2) is 5.95 Å². The summed E-state index contributed by atoms with van der Waals surface area (Å²) in [6.45, 7) is 0. The second-order valence-corrected chi connectivity index (χ2v) is 3.94. The van der Waals surface area contributed by atoms with E-state index in [0.29, 0.717) is 12.4 Å². The zero-order chi connectivity index (χ0) is 11.7. The van der Waals surface area contributed by atoms with Crippen molar-refractivity contribution in [2.75, 3.05) is 19.8 Å². The number of carbonyl (C=O) groups is 1. The van der Waals surface area contributed by atoms with Crippen molar-refractivity contribution in [2.45, 2.75) is 6.42 Å². The zero-order valence-corrected chi connectivity index (χ0v) is 9.32. The van der Waals surface area contributed by atoms with E-state index < -0.39 is 0 Å². The summed E-state index contributed by atoms with van der Waals surface area (Å²) in [5.74, 6) is 0.467. The number of hydrogen-bond acceptors (Lipinski definition) is 3. The Kier molecular flexibility index (Phi) is 2.52. The average Bonchev–Trinajstić information content (AvgIpc) is 2.57. The number of nitrogens with one attached hydrogen (secondary N) is 1. The third-order valence-electron chi connectivity index (χ3n) is 2.42. The summed E-state index contributed by atoms with van der Waals surface area (Å²) in [4.78, 5) is 20.2. The number of nitrogen functional groups attached to an aromatic ring is 1. The first-order chi connectivity index (χ1) is 7.56. The van der Waals surface area contributed by atoms with Crippen LogP contribution in [-0.4, -0.2) is 34.9 Å². The first-order valence-corrected chi connectivity index (χ1v) is 5.00. The number of aromatic nitrogens is 2. The number of aromatic amines is 1. The molecule has 1 aromatic heterocycles. The van der Waals surface area contributed by atoms with Crippen molar-refractivity contribution in [3.8, 4) is 0 Å². The average molecular weight is 218 g/mol. The highest BCUT2D eigenvalue weighted by Gasteiger charge is 2.07. The smallest absolute Gasteiger partial charge is 0.226 e. The summed E-state index contributed by atoms with van der Waals surface area (Å²) in [6, 6.07) is 5.67. The maximum absolute atomic E-state index is 11.5. The van der Waals surface area contributed by atoms with Gasteiger partial charge in [-0.05, 0) is 17.7 Å². The third kappa shape index (κ3) is 1.98. The number of fused-ring (bicyclic) bond motifs is 1. The van der Waals surface area contributed by atoms with Crippen molar-refractivity contribution < 1.29 is 4.79 Å². The summed E-state index contributed by atoms with van der Waals surface area (Å²) < 4.78 is 0. The molecule has 1 amide bonds. The van der Waals surface area contributed by atoms with Gasteiger partial charge in [-0.3, -0.25) is 4.79 Å². The molecule has 0 aliphatic carbocycles. The highest BCUT2D eigenvalue weighted by Crippen LogP contribution is 2.15. The highest BCUT2D eigenvalue weighted by atomic mass is 16.2. The van der Waals surface area contributed by atoms with Crippen LogP contribution in [-0.2, 0) is 11.2 Å². The van der Waals surface area contributed by atoms with Gasteiger partial charge in [0.2, 0.25) is 5.91 Å². The first-order valence-electron chi connectivity index (χ1n) is 5.00. The second-order valence-electron chi connectivity index (χ2n) is 3.94. The van der Waals surface area contributed by atoms with Crippen LogP contribution in [0.5, 0.6) is 0 Å². The fourth-order valence-electron chi connectivity index (χ4n) is 1.51. The SMILES string of the molecule is CN(C)C(=O)Cc1ccc2[nH]c(N)nc2c1. The van der Waals surface area contributed by atoms with Gasteiger partial charge in [-0.1, -0.05) is 6.07 Å². The number of nitrogens with two attached hydrogens (primary N) is 1. The Morgan fingerprint density at radius 3 is 2.94 bits per heavy atom. The number of hydrogen-bond donors (Lipinski definition) is 2. The van der Waals surface area contributed by atoms with Crippen LogP contribution >= 0.6 is 0 Å². The third-order valence-corrected chi connectivity index (χ3v) is 2.42. The van der Waals surface area contributed by atoms with Crippen LogP contribution in [0.4, 0.5) is 5.95 Å². The quantitative estimate of drug-likeness (QED) is 0.782. The summed E-state index contributed by atoms with van der Waals surface area (Å²) in [5, 5.41) is 0. The maximum Gasteiger partial charge on any atom is 0.226 e. The Hall–Kier alpha value is -2.04. The summed E-state index contributed by atoms with van der Waals surface area (Å²) in [5.41, 5.74) is 8.17. The van der Waals surface area contributed by atoms with Crippen LogP contribution < -0.4 is 5.73 Å². The van der Waals surface area contributed by atoms with E-state index >= 15 is 0 Å². The Bertz CT molecular complexity index is 530. The Morgan fingerprint density at radius 2 is 2.25 bits per heavy atom. The van der Waals surface area contributed by atoms with E-state index in [1.807, 2.05) is 18.2 Å². The number of rotatable bonds is 2. The molecule has 5 nitrogen and oxygen atoms in total. The molecule has 3 N–H and O–H groups in total. The molecule has 84 valence electrons. The molecule has 5 heteroatoms. The molecule has 0 aliphatic rings. The Labute approximate surface area is 93.3 Å². The summed E-state index contributed by atoms with van der Waals surface area (Å²) in [7, 11) is 3.49. The van der Waals surface area contributed by atoms with E-state index in [9.17, 15) is 4.79 Å². The lowest BCUT2D eigenvalue weighted by molar-refractivity contribution is -0.127. The topological polar surface area (TPSA) is 75.0 Å². The molecule has 0 atom stereocenters. The Morgan fingerprint density at radius 1 is 1.50 bits per heavy atom. The van der Waals surface area contributed by atoms with E-state index in [1.165, 1.54) is 0 Å². The first kappa shape index (κ1) is 10.5. The predicted molar refractivity (Wildman–Crippen MR) is 62.9 cm³/mol. The molecule has 0 saturated heterocycles. The molecule has 2 aromatic rings. The van der Waals surface area contributed by atoms with Gasteiger partial charge in [0.1, 0.15) is 0 Å². The van der Waals surface area contributed by atoms with Gasteiger partial charge in [0, 0.05) is 14.1 Å². The number of carbonyl (C=O) groups excluding carboxylic acids is 1. The fourth-order valence-corrected chi connectivity index (χ4v) is 1.51. The van der Waals surface area contributed by atoms with Gasteiger partial charge in [0.25, 0.3) is 0 Å². The molecule has 0 fully saturated rings. The largest absolute Gasteiger partial charge is 0.369 e. The molecular weight excluding hydrogens is 204 g/mol. The minimum absolute atomic E-state index is 0.0721. The van der Waals surface area contributed by atoms with Gasteiger partial charge < -0.3 is 15.6 Å². The highest BCUT2D eigenvalue weighted by molar-refractivity contribution is 5.82. The van der Waals surface area contributed by atoms with E-state index in [1.54, 1.807) is 19.0 Å². The summed E-state index contributed by atoms with van der Waals surface area (Å²) in [6.07, 6.45) is 0.385. The monoisotopic (exact) mass is 218 g/mol. The fraction of sp³-hybridized carbons (Fsp3) is 0.273. The van der Waals surface area contributed by atoms with Crippen LogP contribution in [0.15, 0.2) is 18.2 Å². The molecule has 16 heavy (non-hydrogen) atoms. The second kappa shape index (κ2) is 3.84. The van der Waals surface area contributed by atoms with Gasteiger partial charge in [-0.2, -0.15) is 0 Å². The lowest BCUT2D eigenvalue weighted by Gasteiger charge is -2.09. The minimum atomic E-state index is 0.0721. The van der Waals surface area contributed by atoms with Crippen molar-refractivity contribution in [1.82, 2.24) is 14.9 Å². The van der Waals surface area contributed by atoms with Gasteiger partial charge in [-0.25, -0.2) is 4.98 Å². The van der Waals surface area contributed by atoms with Crippen LogP contribution in [0, 0.1) is 0 Å². The van der Waals surface area contributed by atoms with Gasteiger partial charge in [0.05, 0.1) is 17.5 Å². The van der Waals surface area contributed by atoms with Gasteiger partial charge in [-0.15, -0.1) is 0 Å². The van der Waals surface area contributed by atoms with E-state index in [0.717, 1.165) is 16.6 Å². The van der Waals surface area contributed by atoms with Crippen LogP contribution in [0.3, 0.4) is 0 Å². The minimum Gasteiger partial charge on any atom is -0.369 e. The molecule has 1 heterocycles. The van der Waals surface area contributed by atoms with Crippen LogP contribution in [0.1, 0.15) is 5.56 Å². The number of benzene rings is 1. The summed E-state index contributed by atoms with van der Waals surface area (Å²) >= 11 is 0. The van der Waals surface area contributed by atoms with Crippen LogP contribution in [0.25, 0.3) is 11.0 Å². The molecule has 0 spiro atoms. The van der Waals surface area contributed by atoms with E-state index in [-0.39, 0.29) is 5.91 Å². The number of imidazole rings is 1. The van der Waals surface area contributed by atoms with E-state index in [4.69, 9.17) is 5.73 Å². The lowest BCUT2D eigenvalue weighted by Crippen LogP contribution is -2.23. The number of nitrogens with zero attached hydrogens (tertiary/aromatic N) is 2. The normalized spacial score (nSPS) is 10.6. The number of H-pyrrole nitrogens is 1. The van der Waals surface area contributed by atoms with Crippen LogP contribution in [0.2, 0.25) is 0 Å². The molecule has 0 aliphatic heterocycles. The lowest BCUT2D eigenvalue weighted by atomic mass is 10.1. The van der Waals surface area contributed by atoms with Crippen molar-refractivity contribution in [3.63, 3.8) is 0 Å². The Balaban J connectivity index is 2.29. The van der Waals surface area contributed by atoms with Crippen molar-refractivity contribution >= 4 is 22.9 Å². The molecule has 0 radical (unpaired) electrons. The standard InChI is InChI=1S/C11H14N4O/c1-15(2)10(16)6-7-3-4-8-9(5-7)14-11(12)13-8/h3-5H,6H2,1-2H3,(H3,12,13,14). The molecule has 2 rings (SSSR count). The molecule has 1 aromatic carbocycles. The molecule has 0 saturated carbocycles. The van der Waals surface area contributed by atoms with Crippen molar-refractivity contribution in [1.29, 1.82) is 0 Å². The number of amides is 1. The molecule has 0 unspecified atom stereocenters. The predicted octanol–water partition coefficient (Wildman–Crippen LogP) is 0.776. The van der Waals surface area contributed by atoms with Crippen molar-refractivity contribution in [2.24, 2.45) is 0 Å². The van der Waals surface area contributed by atoms with E-state index in [2.05, 4.69) is 9.97 Å². The maximum atomic E-state index is 11.5. The van der Waals surface area contributed by atoms with Crippen molar-refractivity contribution in [3.05, 3.63) is 23.8 Å². The van der Waals surface area contributed by atoms with Gasteiger partial charge >= 0.3 is 0 Å².